The molecule has 0 saturated carbocycles. The van der Waals surface area contributed by atoms with Crippen molar-refractivity contribution >= 4 is 45.8 Å². The molecule has 0 bridgehead atoms. The maximum Gasteiger partial charge on any atom is 0.348 e. The Kier molecular flexibility index (Phi) is 6.36. The van der Waals surface area contributed by atoms with Crippen molar-refractivity contribution in [1.82, 2.24) is 0 Å². The third-order valence-electron chi connectivity index (χ3n) is 4.63. The van der Waals surface area contributed by atoms with Crippen LogP contribution in [0.1, 0.15) is 48.8 Å². The van der Waals surface area contributed by atoms with E-state index >= 15 is 0 Å². The number of esters is 3. The lowest BCUT2D eigenvalue weighted by molar-refractivity contribution is -0.117. The van der Waals surface area contributed by atoms with Crippen LogP contribution in [-0.2, 0) is 25.6 Å². The van der Waals surface area contributed by atoms with Gasteiger partial charge in [0, 0.05) is 24.2 Å². The summed E-state index contributed by atoms with van der Waals surface area (Å²) < 4.78 is 14.7. The minimum Gasteiger partial charge on any atom is -0.465 e. The minimum absolute atomic E-state index is 0.0291. The summed E-state index contributed by atoms with van der Waals surface area (Å²) >= 11 is 0.855. The fraction of sp³-hybridized carbons (Fsp3) is 0.300. The summed E-state index contributed by atoms with van der Waals surface area (Å²) in [6.45, 7) is 0.280. The van der Waals surface area contributed by atoms with Gasteiger partial charge in [-0.05, 0) is 30.7 Å². The summed E-state index contributed by atoms with van der Waals surface area (Å²) in [5.41, 5.74) is 6.92. The van der Waals surface area contributed by atoms with Crippen LogP contribution in [-0.4, -0.2) is 44.6 Å². The Labute approximate surface area is 176 Å². The lowest BCUT2D eigenvalue weighted by Gasteiger charge is -2.15. The van der Waals surface area contributed by atoms with Gasteiger partial charge in [-0.2, -0.15) is 0 Å². The first-order valence-corrected chi connectivity index (χ1v) is 9.84. The highest BCUT2D eigenvalue weighted by Crippen LogP contribution is 2.33. The second kappa shape index (κ2) is 8.95. The van der Waals surface area contributed by atoms with Gasteiger partial charge in [0.2, 0.25) is 5.91 Å². The zero-order valence-electron chi connectivity index (χ0n) is 16.4. The topological polar surface area (TPSA) is 125 Å². The molecule has 10 heteroatoms. The molecule has 3 rings (SSSR count). The van der Waals surface area contributed by atoms with E-state index in [9.17, 15) is 19.2 Å². The van der Waals surface area contributed by atoms with Crippen LogP contribution in [0.3, 0.4) is 0 Å². The molecule has 1 aromatic carbocycles. The number of benzene rings is 1. The van der Waals surface area contributed by atoms with Crippen LogP contribution in [0.25, 0.3) is 0 Å². The number of methoxy groups -OCH3 is 2. The Balaban J connectivity index is 1.77. The summed E-state index contributed by atoms with van der Waals surface area (Å²) in [4.78, 5) is 50.1. The van der Waals surface area contributed by atoms with E-state index in [1.165, 1.54) is 14.2 Å². The molecule has 1 fully saturated rings. The maximum absolute atomic E-state index is 12.5. The molecule has 1 amide bonds. The molecule has 1 aromatic heterocycles. The van der Waals surface area contributed by atoms with E-state index < -0.39 is 17.9 Å². The van der Waals surface area contributed by atoms with Crippen LogP contribution in [0.15, 0.2) is 24.3 Å². The van der Waals surface area contributed by atoms with E-state index in [1.54, 1.807) is 29.2 Å². The second-order valence-electron chi connectivity index (χ2n) is 6.40. The summed E-state index contributed by atoms with van der Waals surface area (Å²) in [6.07, 6.45) is 1.32. The van der Waals surface area contributed by atoms with E-state index in [2.05, 4.69) is 0 Å². The number of ether oxygens (including phenoxy) is 3. The number of carbonyl (C=O) groups excluding carboxylic acids is 4. The Bertz CT molecular complexity index is 997. The summed E-state index contributed by atoms with van der Waals surface area (Å²) in [7, 11) is 2.37. The molecule has 2 N–H and O–H groups in total. The van der Waals surface area contributed by atoms with Crippen molar-refractivity contribution < 1.29 is 33.4 Å². The Morgan fingerprint density at radius 2 is 1.73 bits per heavy atom. The molecule has 9 nitrogen and oxygen atoms in total. The number of anilines is 2. The van der Waals surface area contributed by atoms with E-state index in [4.69, 9.17) is 19.9 Å². The first-order valence-electron chi connectivity index (χ1n) is 9.02. The Morgan fingerprint density at radius 3 is 2.30 bits per heavy atom. The van der Waals surface area contributed by atoms with Gasteiger partial charge in [0.1, 0.15) is 22.0 Å². The third kappa shape index (κ3) is 4.13. The highest BCUT2D eigenvalue weighted by Gasteiger charge is 2.28. The summed E-state index contributed by atoms with van der Waals surface area (Å²) in [5, 5.41) is 0.0629. The molecule has 1 aliphatic heterocycles. The fourth-order valence-corrected chi connectivity index (χ4v) is 4.10. The van der Waals surface area contributed by atoms with Gasteiger partial charge in [-0.3, -0.25) is 4.79 Å². The SMILES string of the molecule is COC(=O)c1sc(N)c(C(=O)OC)c1COC(=O)c1ccc(N2CCCC2=O)cc1. The molecule has 2 aromatic rings. The third-order valence-corrected chi connectivity index (χ3v) is 5.67. The molecule has 1 aliphatic rings. The van der Waals surface area contributed by atoms with Gasteiger partial charge in [-0.1, -0.05) is 0 Å². The number of nitrogens with two attached hydrogens (primary N) is 1. The lowest BCUT2D eigenvalue weighted by atomic mass is 10.1. The standard InChI is InChI=1S/C20H20N2O7S/c1-27-19(25)15-13(16(20(26)28-2)30-17(15)21)10-29-18(24)11-5-7-12(8-6-11)22-9-3-4-14(22)23/h5-8H,3-4,9-10,21H2,1-2H3. The van der Waals surface area contributed by atoms with E-state index in [0.717, 1.165) is 17.8 Å². The van der Waals surface area contributed by atoms with E-state index in [-0.39, 0.29) is 39.1 Å². The van der Waals surface area contributed by atoms with E-state index in [1.807, 2.05) is 0 Å². The maximum atomic E-state index is 12.5. The Hall–Kier alpha value is -3.40. The molecule has 0 atom stereocenters. The number of nitrogens with zero attached hydrogens (tertiary/aromatic N) is 1. The van der Waals surface area contributed by atoms with Gasteiger partial charge < -0.3 is 24.8 Å². The smallest absolute Gasteiger partial charge is 0.348 e. The van der Waals surface area contributed by atoms with Crippen molar-refractivity contribution in [2.75, 3.05) is 31.4 Å². The normalized spacial score (nSPS) is 13.3. The molecule has 30 heavy (non-hydrogen) atoms. The van der Waals surface area contributed by atoms with Crippen LogP contribution in [0.4, 0.5) is 10.7 Å². The van der Waals surface area contributed by atoms with Crippen molar-refractivity contribution in [1.29, 1.82) is 0 Å². The summed E-state index contributed by atoms with van der Waals surface area (Å²) in [6, 6.07) is 6.44. The average Bonchev–Trinajstić information content (AvgIpc) is 3.33. The monoisotopic (exact) mass is 432 g/mol. The fourth-order valence-electron chi connectivity index (χ4n) is 3.13. The number of hydrogen-bond donors (Lipinski definition) is 1. The molecule has 0 radical (unpaired) electrons. The zero-order chi connectivity index (χ0) is 21.8. The highest BCUT2D eigenvalue weighted by atomic mass is 32.1. The molecular formula is C20H20N2O7S. The highest BCUT2D eigenvalue weighted by molar-refractivity contribution is 7.18. The summed E-state index contributed by atoms with van der Waals surface area (Å²) in [5.74, 6) is -2.06. The molecule has 158 valence electrons. The van der Waals surface area contributed by atoms with Gasteiger partial charge in [0.15, 0.2) is 0 Å². The Morgan fingerprint density at radius 1 is 1.07 bits per heavy atom. The van der Waals surface area contributed by atoms with Crippen molar-refractivity contribution in [3.8, 4) is 0 Å². The largest absolute Gasteiger partial charge is 0.465 e. The minimum atomic E-state index is -0.746. The van der Waals surface area contributed by atoms with Crippen molar-refractivity contribution in [2.45, 2.75) is 19.4 Å². The predicted molar refractivity (Wildman–Crippen MR) is 109 cm³/mol. The van der Waals surface area contributed by atoms with Crippen LogP contribution in [0.2, 0.25) is 0 Å². The predicted octanol–water partition coefficient (Wildman–Crippen LogP) is 2.39. The van der Waals surface area contributed by atoms with Crippen LogP contribution < -0.4 is 10.6 Å². The lowest BCUT2D eigenvalue weighted by Crippen LogP contribution is -2.23. The van der Waals surface area contributed by atoms with Crippen molar-refractivity contribution in [2.24, 2.45) is 0 Å². The van der Waals surface area contributed by atoms with Crippen LogP contribution in [0.5, 0.6) is 0 Å². The van der Waals surface area contributed by atoms with Gasteiger partial charge >= 0.3 is 17.9 Å². The van der Waals surface area contributed by atoms with E-state index in [0.29, 0.717) is 18.7 Å². The quantitative estimate of drug-likeness (QED) is 0.545. The van der Waals surface area contributed by atoms with Gasteiger partial charge in [-0.15, -0.1) is 11.3 Å². The first kappa shape index (κ1) is 21.3. The van der Waals surface area contributed by atoms with Crippen LogP contribution >= 0.6 is 11.3 Å². The molecule has 0 unspecified atom stereocenters. The number of thiophene rings is 1. The van der Waals surface area contributed by atoms with Gasteiger partial charge in [0.05, 0.1) is 19.8 Å². The number of rotatable bonds is 6. The van der Waals surface area contributed by atoms with Gasteiger partial charge in [0.25, 0.3) is 0 Å². The molecule has 0 spiro atoms. The van der Waals surface area contributed by atoms with Crippen molar-refractivity contribution in [3.05, 3.63) is 45.8 Å². The van der Waals surface area contributed by atoms with Crippen molar-refractivity contribution in [3.63, 3.8) is 0 Å². The molecular weight excluding hydrogens is 412 g/mol. The number of amides is 1. The number of hydrogen-bond acceptors (Lipinski definition) is 9. The second-order valence-corrected chi connectivity index (χ2v) is 7.46. The molecule has 1 saturated heterocycles. The number of nitrogen functional groups attached to an aromatic ring is 1. The molecule has 2 heterocycles. The average molecular weight is 432 g/mol. The number of carbonyl (C=O) groups is 4. The zero-order valence-corrected chi connectivity index (χ0v) is 17.2. The first-order chi connectivity index (χ1) is 14.4. The molecule has 0 aliphatic carbocycles. The van der Waals surface area contributed by atoms with Gasteiger partial charge in [-0.25, -0.2) is 14.4 Å². The van der Waals surface area contributed by atoms with Crippen LogP contribution in [0, 0.1) is 0 Å².